The number of anilines is 1. The Morgan fingerprint density at radius 2 is 2.31 bits per heavy atom. The van der Waals surface area contributed by atoms with Crippen LogP contribution >= 0.6 is 0 Å². The monoisotopic (exact) mass is 183 g/mol. The first-order valence-electron chi connectivity index (χ1n) is 4.43. The highest BCUT2D eigenvalue weighted by molar-refractivity contribution is 5.44. The number of aromatic amines is 1. The van der Waals surface area contributed by atoms with E-state index < -0.39 is 0 Å². The number of nitrogens with one attached hydrogen (secondary N) is 1. The smallest absolute Gasteiger partial charge is 0.290 e. The third-order valence-electron chi connectivity index (χ3n) is 2.33. The van der Waals surface area contributed by atoms with E-state index in [0.717, 1.165) is 18.5 Å². The molecule has 0 saturated heterocycles. The van der Waals surface area contributed by atoms with E-state index in [-0.39, 0.29) is 18.7 Å². The Bertz CT molecular complexity index is 362. The predicted octanol–water partition coefficient (Wildman–Crippen LogP) is -0.372. The molecule has 0 atom stereocenters. The summed E-state index contributed by atoms with van der Waals surface area (Å²) in [5, 5.41) is 11.6. The standard InChI is InChI=1S/C8H13N3O2/c9-6-7(5-1-2-5)10-11(3-4-12)8(6)13/h5,10,12H,1-4,9H2. The van der Waals surface area contributed by atoms with Crippen molar-refractivity contribution in [1.82, 2.24) is 9.78 Å². The number of hydrogen-bond donors (Lipinski definition) is 3. The number of nitrogen functional groups attached to an aromatic ring is 1. The molecule has 1 heterocycles. The lowest BCUT2D eigenvalue weighted by molar-refractivity contribution is 0.267. The Morgan fingerprint density at radius 3 is 2.85 bits per heavy atom. The molecule has 5 heteroatoms. The molecule has 0 radical (unpaired) electrons. The number of rotatable bonds is 3. The van der Waals surface area contributed by atoms with Crippen LogP contribution in [0, 0.1) is 0 Å². The molecule has 1 aliphatic rings. The lowest BCUT2D eigenvalue weighted by Crippen LogP contribution is -2.20. The van der Waals surface area contributed by atoms with Crippen molar-refractivity contribution in [2.75, 3.05) is 12.3 Å². The first kappa shape index (κ1) is 8.37. The van der Waals surface area contributed by atoms with Gasteiger partial charge in [-0.1, -0.05) is 0 Å². The Balaban J connectivity index is 2.37. The minimum absolute atomic E-state index is 0.0516. The largest absolute Gasteiger partial charge is 0.394 e. The number of aliphatic hydroxyl groups excluding tert-OH is 1. The Kier molecular flexibility index (Phi) is 1.88. The fourth-order valence-corrected chi connectivity index (χ4v) is 1.46. The van der Waals surface area contributed by atoms with Crippen LogP contribution in [0.15, 0.2) is 4.79 Å². The molecule has 0 unspecified atom stereocenters. The van der Waals surface area contributed by atoms with Gasteiger partial charge in [0.15, 0.2) is 0 Å². The second-order valence-corrected chi connectivity index (χ2v) is 3.39. The van der Waals surface area contributed by atoms with Gasteiger partial charge in [-0.3, -0.25) is 9.89 Å². The molecule has 0 spiro atoms. The molecule has 1 saturated carbocycles. The van der Waals surface area contributed by atoms with Crippen molar-refractivity contribution in [2.24, 2.45) is 0 Å². The topological polar surface area (TPSA) is 84.0 Å². The summed E-state index contributed by atoms with van der Waals surface area (Å²) in [6, 6.07) is 0. The van der Waals surface area contributed by atoms with E-state index in [0.29, 0.717) is 11.6 Å². The van der Waals surface area contributed by atoms with Gasteiger partial charge in [-0.2, -0.15) is 0 Å². The quantitative estimate of drug-likeness (QED) is 0.597. The van der Waals surface area contributed by atoms with E-state index in [4.69, 9.17) is 10.8 Å². The maximum Gasteiger partial charge on any atom is 0.290 e. The molecular weight excluding hydrogens is 170 g/mol. The normalized spacial score (nSPS) is 16.4. The van der Waals surface area contributed by atoms with Crippen LogP contribution < -0.4 is 11.3 Å². The zero-order valence-electron chi connectivity index (χ0n) is 7.29. The minimum atomic E-state index is -0.212. The number of nitrogens with two attached hydrogens (primary N) is 1. The van der Waals surface area contributed by atoms with Crippen molar-refractivity contribution in [3.05, 3.63) is 16.0 Å². The molecule has 0 amide bonds. The summed E-state index contributed by atoms with van der Waals surface area (Å²) >= 11 is 0. The van der Waals surface area contributed by atoms with E-state index in [1.54, 1.807) is 0 Å². The van der Waals surface area contributed by atoms with Crippen LogP contribution in [0.25, 0.3) is 0 Å². The maximum atomic E-state index is 11.4. The Hall–Kier alpha value is -1.23. The summed E-state index contributed by atoms with van der Waals surface area (Å²) in [7, 11) is 0. The SMILES string of the molecule is Nc1c(C2CC2)[nH]n(CCO)c1=O. The van der Waals surface area contributed by atoms with Crippen LogP contribution in [0.4, 0.5) is 5.69 Å². The van der Waals surface area contributed by atoms with Crippen LogP contribution in [-0.2, 0) is 6.54 Å². The number of aromatic nitrogens is 2. The van der Waals surface area contributed by atoms with Gasteiger partial charge in [0.25, 0.3) is 5.56 Å². The molecule has 4 N–H and O–H groups in total. The van der Waals surface area contributed by atoms with Crippen LogP contribution in [-0.4, -0.2) is 21.5 Å². The van der Waals surface area contributed by atoms with Gasteiger partial charge in [-0.15, -0.1) is 0 Å². The van der Waals surface area contributed by atoms with Gasteiger partial charge in [0.1, 0.15) is 5.69 Å². The van der Waals surface area contributed by atoms with Crippen molar-refractivity contribution in [2.45, 2.75) is 25.3 Å². The van der Waals surface area contributed by atoms with Crippen molar-refractivity contribution >= 4 is 5.69 Å². The highest BCUT2D eigenvalue weighted by Gasteiger charge is 2.29. The number of aliphatic hydroxyl groups is 1. The lowest BCUT2D eigenvalue weighted by atomic mass is 10.3. The zero-order valence-corrected chi connectivity index (χ0v) is 7.29. The van der Waals surface area contributed by atoms with Gasteiger partial charge >= 0.3 is 0 Å². The molecule has 72 valence electrons. The number of nitrogens with zero attached hydrogens (tertiary/aromatic N) is 1. The molecule has 0 aromatic carbocycles. The molecule has 0 aliphatic heterocycles. The van der Waals surface area contributed by atoms with Crippen LogP contribution in [0.2, 0.25) is 0 Å². The molecule has 1 aromatic heterocycles. The van der Waals surface area contributed by atoms with Gasteiger partial charge in [0, 0.05) is 5.92 Å². The summed E-state index contributed by atoms with van der Waals surface area (Å²) in [6.07, 6.45) is 2.20. The average Bonchev–Trinajstić information content (AvgIpc) is 2.89. The average molecular weight is 183 g/mol. The second-order valence-electron chi connectivity index (χ2n) is 3.39. The van der Waals surface area contributed by atoms with Gasteiger partial charge in [0.05, 0.1) is 18.8 Å². The molecule has 5 nitrogen and oxygen atoms in total. The summed E-state index contributed by atoms with van der Waals surface area (Å²) in [5.41, 5.74) is 6.58. The van der Waals surface area contributed by atoms with E-state index in [1.807, 2.05) is 0 Å². The van der Waals surface area contributed by atoms with Crippen LogP contribution in [0.3, 0.4) is 0 Å². The van der Waals surface area contributed by atoms with Gasteiger partial charge < -0.3 is 10.8 Å². The number of H-pyrrole nitrogens is 1. The van der Waals surface area contributed by atoms with Gasteiger partial charge in [-0.25, -0.2) is 4.68 Å². The molecule has 13 heavy (non-hydrogen) atoms. The fraction of sp³-hybridized carbons (Fsp3) is 0.625. The third-order valence-corrected chi connectivity index (χ3v) is 2.33. The van der Waals surface area contributed by atoms with Crippen molar-refractivity contribution < 1.29 is 5.11 Å². The van der Waals surface area contributed by atoms with Gasteiger partial charge in [-0.05, 0) is 12.8 Å². The Labute approximate surface area is 75.2 Å². The summed E-state index contributed by atoms with van der Waals surface area (Å²) in [6.45, 7) is 0.236. The molecule has 0 bridgehead atoms. The molecule has 1 fully saturated rings. The van der Waals surface area contributed by atoms with E-state index in [2.05, 4.69) is 5.10 Å². The first-order chi connectivity index (χ1) is 6.24. The van der Waals surface area contributed by atoms with E-state index in [9.17, 15) is 4.79 Å². The van der Waals surface area contributed by atoms with Crippen molar-refractivity contribution in [1.29, 1.82) is 0 Å². The molecule has 2 rings (SSSR count). The number of hydrogen-bond acceptors (Lipinski definition) is 3. The second kappa shape index (κ2) is 2.92. The summed E-state index contributed by atoms with van der Waals surface area (Å²) in [5.74, 6) is 0.438. The lowest BCUT2D eigenvalue weighted by Gasteiger charge is -1.96. The highest BCUT2D eigenvalue weighted by Crippen LogP contribution is 2.40. The summed E-state index contributed by atoms with van der Waals surface area (Å²) in [4.78, 5) is 11.4. The highest BCUT2D eigenvalue weighted by atomic mass is 16.3. The van der Waals surface area contributed by atoms with E-state index >= 15 is 0 Å². The minimum Gasteiger partial charge on any atom is -0.394 e. The first-order valence-corrected chi connectivity index (χ1v) is 4.43. The maximum absolute atomic E-state index is 11.4. The van der Waals surface area contributed by atoms with E-state index in [1.165, 1.54) is 4.68 Å². The van der Waals surface area contributed by atoms with Crippen molar-refractivity contribution in [3.8, 4) is 0 Å². The fourth-order valence-electron chi connectivity index (χ4n) is 1.46. The predicted molar refractivity (Wildman–Crippen MR) is 48.5 cm³/mol. The zero-order chi connectivity index (χ0) is 9.42. The molecule has 1 aromatic rings. The van der Waals surface area contributed by atoms with Crippen LogP contribution in [0.1, 0.15) is 24.5 Å². The van der Waals surface area contributed by atoms with Gasteiger partial charge in [0.2, 0.25) is 0 Å². The van der Waals surface area contributed by atoms with Crippen LogP contribution in [0.5, 0.6) is 0 Å². The summed E-state index contributed by atoms with van der Waals surface area (Å²) < 4.78 is 1.36. The third kappa shape index (κ3) is 1.35. The Morgan fingerprint density at radius 1 is 1.62 bits per heavy atom. The molecular formula is C8H13N3O2. The van der Waals surface area contributed by atoms with Crippen molar-refractivity contribution in [3.63, 3.8) is 0 Å². The molecule has 1 aliphatic carbocycles.